The molecule has 3 rings (SSSR count). The van der Waals surface area contributed by atoms with Crippen LogP contribution in [0, 0.1) is 0 Å². The number of para-hydroxylation sites is 2. The molecule has 30 heavy (non-hydrogen) atoms. The summed E-state index contributed by atoms with van der Waals surface area (Å²) in [6.07, 6.45) is 0. The zero-order valence-electron chi connectivity index (χ0n) is 16.6. The maximum atomic E-state index is 12.6. The highest BCUT2D eigenvalue weighted by molar-refractivity contribution is 6.00. The van der Waals surface area contributed by atoms with E-state index >= 15 is 0 Å². The molecule has 3 N–H and O–H groups in total. The third kappa shape index (κ3) is 4.57. The average molecular weight is 409 g/mol. The third-order valence-corrected chi connectivity index (χ3v) is 4.86. The van der Waals surface area contributed by atoms with E-state index in [0.717, 1.165) is 0 Å². The number of benzene rings is 2. The first-order valence-electron chi connectivity index (χ1n) is 9.38. The molecule has 0 unspecified atom stereocenters. The highest BCUT2D eigenvalue weighted by Crippen LogP contribution is 2.36. The number of aromatic carboxylic acids is 1. The lowest BCUT2D eigenvalue weighted by atomic mass is 10.2. The number of aliphatic imine (C=N–C) groups is 2. The molecular formula is C21H23N5O4. The molecule has 0 radical (unpaired) electrons. The Morgan fingerprint density at radius 3 is 2.37 bits per heavy atom. The van der Waals surface area contributed by atoms with Crippen molar-refractivity contribution in [2.24, 2.45) is 9.98 Å². The van der Waals surface area contributed by atoms with E-state index in [1.807, 2.05) is 11.8 Å². The molecule has 2 aromatic rings. The lowest BCUT2D eigenvalue weighted by molar-refractivity contribution is 0.0698. The van der Waals surface area contributed by atoms with E-state index < -0.39 is 5.97 Å². The summed E-state index contributed by atoms with van der Waals surface area (Å²) in [4.78, 5) is 35.9. The van der Waals surface area contributed by atoms with Crippen molar-refractivity contribution < 1.29 is 19.8 Å². The zero-order valence-corrected chi connectivity index (χ0v) is 16.6. The Bertz CT molecular complexity index is 997. The molecule has 0 atom stereocenters. The number of nitrogens with zero attached hydrogens (tertiary/aromatic N) is 4. The SMILES string of the molecule is C=Nc1cccc(O)c1N=C(C)N1CCN(C(=O)Nc2ccccc2C(=O)O)CC1. The Morgan fingerprint density at radius 1 is 1.03 bits per heavy atom. The Morgan fingerprint density at radius 2 is 1.70 bits per heavy atom. The second-order valence-electron chi connectivity index (χ2n) is 6.72. The number of hydrogen-bond donors (Lipinski definition) is 3. The summed E-state index contributed by atoms with van der Waals surface area (Å²) in [6, 6.07) is 10.9. The van der Waals surface area contributed by atoms with Gasteiger partial charge >= 0.3 is 12.0 Å². The van der Waals surface area contributed by atoms with Crippen LogP contribution in [0.15, 0.2) is 52.4 Å². The first-order valence-corrected chi connectivity index (χ1v) is 9.38. The lowest BCUT2D eigenvalue weighted by Gasteiger charge is -2.35. The van der Waals surface area contributed by atoms with Gasteiger partial charge in [0.1, 0.15) is 17.3 Å². The summed E-state index contributed by atoms with van der Waals surface area (Å²) < 4.78 is 0. The molecule has 1 saturated heterocycles. The van der Waals surface area contributed by atoms with E-state index in [0.29, 0.717) is 43.4 Å². The summed E-state index contributed by atoms with van der Waals surface area (Å²) in [6.45, 7) is 7.32. The molecule has 1 fully saturated rings. The summed E-state index contributed by atoms with van der Waals surface area (Å²) in [5.74, 6) is -0.382. The number of urea groups is 1. The van der Waals surface area contributed by atoms with Gasteiger partial charge in [0.15, 0.2) is 0 Å². The van der Waals surface area contributed by atoms with Crippen molar-refractivity contribution in [1.29, 1.82) is 0 Å². The average Bonchev–Trinajstić information content (AvgIpc) is 2.75. The van der Waals surface area contributed by atoms with Crippen LogP contribution in [-0.2, 0) is 0 Å². The number of hydrogen-bond acceptors (Lipinski definition) is 5. The zero-order chi connectivity index (χ0) is 21.7. The molecule has 0 bridgehead atoms. The Hall–Kier alpha value is -3.88. The first kappa shape index (κ1) is 20.8. The van der Waals surface area contributed by atoms with Gasteiger partial charge in [0.2, 0.25) is 0 Å². The van der Waals surface area contributed by atoms with Gasteiger partial charge in [-0.1, -0.05) is 18.2 Å². The summed E-state index contributed by atoms with van der Waals surface area (Å²) in [5, 5.41) is 22.0. The predicted molar refractivity (Wildman–Crippen MR) is 116 cm³/mol. The minimum absolute atomic E-state index is 0.0226. The van der Waals surface area contributed by atoms with Crippen molar-refractivity contribution in [3.63, 3.8) is 0 Å². The smallest absolute Gasteiger partial charge is 0.337 e. The van der Waals surface area contributed by atoms with Crippen LogP contribution in [0.4, 0.5) is 21.9 Å². The predicted octanol–water partition coefficient (Wildman–Crippen LogP) is 3.32. The van der Waals surface area contributed by atoms with Gasteiger partial charge in [-0.05, 0) is 37.9 Å². The van der Waals surface area contributed by atoms with Crippen molar-refractivity contribution in [2.45, 2.75) is 6.92 Å². The van der Waals surface area contributed by atoms with Gasteiger partial charge in [-0.2, -0.15) is 0 Å². The van der Waals surface area contributed by atoms with E-state index in [1.54, 1.807) is 35.2 Å². The molecule has 0 aromatic heterocycles. The van der Waals surface area contributed by atoms with E-state index in [2.05, 4.69) is 22.0 Å². The fraction of sp³-hybridized carbons (Fsp3) is 0.238. The fourth-order valence-corrected chi connectivity index (χ4v) is 3.20. The quantitative estimate of drug-likeness (QED) is 0.529. The summed E-state index contributed by atoms with van der Waals surface area (Å²) in [7, 11) is 0. The standard InChI is InChI=1S/C21H23N5O4/c1-14(23-19-17(22-2)8-5-9-18(19)27)25-10-12-26(13-11-25)21(30)24-16-7-4-3-6-15(16)20(28)29/h3-9,27H,2,10-13H2,1H3,(H,24,30)(H,28,29). The Labute approximate surface area is 174 Å². The van der Waals surface area contributed by atoms with Crippen molar-refractivity contribution >= 4 is 41.6 Å². The second kappa shape index (κ2) is 9.08. The van der Waals surface area contributed by atoms with Gasteiger partial charge < -0.3 is 25.3 Å². The normalized spacial score (nSPS) is 14.4. The molecule has 9 heteroatoms. The number of nitrogens with one attached hydrogen (secondary N) is 1. The number of amidine groups is 1. The number of carbonyl (C=O) groups excluding carboxylic acids is 1. The van der Waals surface area contributed by atoms with Crippen molar-refractivity contribution in [3.05, 3.63) is 48.0 Å². The number of phenols is 1. The van der Waals surface area contributed by atoms with Crippen LogP contribution < -0.4 is 5.32 Å². The van der Waals surface area contributed by atoms with Crippen LogP contribution >= 0.6 is 0 Å². The molecule has 2 amide bonds. The van der Waals surface area contributed by atoms with Gasteiger partial charge in [-0.25, -0.2) is 14.6 Å². The van der Waals surface area contributed by atoms with E-state index in [9.17, 15) is 19.8 Å². The van der Waals surface area contributed by atoms with Gasteiger partial charge in [-0.15, -0.1) is 0 Å². The van der Waals surface area contributed by atoms with Crippen LogP contribution in [-0.4, -0.2) is 70.7 Å². The van der Waals surface area contributed by atoms with E-state index in [4.69, 9.17) is 0 Å². The Kier molecular flexibility index (Phi) is 6.31. The molecular weight excluding hydrogens is 386 g/mol. The first-order chi connectivity index (χ1) is 14.4. The van der Waals surface area contributed by atoms with E-state index in [1.165, 1.54) is 12.1 Å². The third-order valence-electron chi connectivity index (χ3n) is 4.86. The molecule has 0 saturated carbocycles. The van der Waals surface area contributed by atoms with Crippen LogP contribution in [0.25, 0.3) is 0 Å². The fourth-order valence-electron chi connectivity index (χ4n) is 3.20. The monoisotopic (exact) mass is 409 g/mol. The minimum atomic E-state index is -1.10. The Balaban J connectivity index is 1.64. The maximum Gasteiger partial charge on any atom is 0.337 e. The van der Waals surface area contributed by atoms with Gasteiger partial charge in [0, 0.05) is 26.2 Å². The molecule has 1 aliphatic rings. The largest absolute Gasteiger partial charge is 0.506 e. The molecule has 2 aromatic carbocycles. The summed E-state index contributed by atoms with van der Waals surface area (Å²) >= 11 is 0. The highest BCUT2D eigenvalue weighted by atomic mass is 16.4. The number of amides is 2. The number of anilines is 1. The van der Waals surface area contributed by atoms with Gasteiger partial charge in [0.05, 0.1) is 16.9 Å². The van der Waals surface area contributed by atoms with Crippen LogP contribution in [0.2, 0.25) is 0 Å². The molecule has 1 aliphatic heterocycles. The maximum absolute atomic E-state index is 12.6. The number of rotatable bonds is 4. The van der Waals surface area contributed by atoms with Gasteiger partial charge in [0.25, 0.3) is 0 Å². The molecule has 1 heterocycles. The lowest BCUT2D eigenvalue weighted by Crippen LogP contribution is -2.51. The topological polar surface area (TPSA) is 118 Å². The number of aromatic hydroxyl groups is 1. The van der Waals surface area contributed by atoms with Crippen molar-refractivity contribution in [1.82, 2.24) is 9.80 Å². The number of carboxylic acid groups (broad SMARTS) is 1. The number of carboxylic acids is 1. The highest BCUT2D eigenvalue weighted by Gasteiger charge is 2.23. The number of piperazine rings is 1. The molecule has 9 nitrogen and oxygen atoms in total. The van der Waals surface area contributed by atoms with Gasteiger partial charge in [-0.3, -0.25) is 4.99 Å². The molecule has 0 spiro atoms. The van der Waals surface area contributed by atoms with Crippen LogP contribution in [0.3, 0.4) is 0 Å². The van der Waals surface area contributed by atoms with E-state index in [-0.39, 0.29) is 23.0 Å². The second-order valence-corrected chi connectivity index (χ2v) is 6.72. The van der Waals surface area contributed by atoms with Crippen LogP contribution in [0.5, 0.6) is 5.75 Å². The van der Waals surface area contributed by atoms with Crippen LogP contribution in [0.1, 0.15) is 17.3 Å². The van der Waals surface area contributed by atoms with Crippen molar-refractivity contribution in [2.75, 3.05) is 31.5 Å². The number of phenolic OH excluding ortho intramolecular Hbond substituents is 1. The number of carbonyl (C=O) groups is 2. The molecule has 0 aliphatic carbocycles. The summed E-state index contributed by atoms with van der Waals surface area (Å²) in [5.41, 5.74) is 1.15. The van der Waals surface area contributed by atoms with Crippen molar-refractivity contribution in [3.8, 4) is 5.75 Å². The minimum Gasteiger partial charge on any atom is -0.506 e. The molecule has 156 valence electrons.